The van der Waals surface area contributed by atoms with Crippen molar-refractivity contribution < 1.29 is 14.3 Å². The zero-order valence-electron chi connectivity index (χ0n) is 19.1. The van der Waals surface area contributed by atoms with Crippen LogP contribution >= 0.6 is 0 Å². The lowest BCUT2D eigenvalue weighted by Crippen LogP contribution is -2.33. The van der Waals surface area contributed by atoms with E-state index in [9.17, 15) is 9.59 Å². The van der Waals surface area contributed by atoms with Gasteiger partial charge < -0.3 is 25.6 Å². The summed E-state index contributed by atoms with van der Waals surface area (Å²) in [5, 5.41) is 11.5. The minimum absolute atomic E-state index is 0.159. The molecule has 2 amide bonds. The fourth-order valence-electron chi connectivity index (χ4n) is 3.68. The summed E-state index contributed by atoms with van der Waals surface area (Å²) in [6.45, 7) is 4.00. The van der Waals surface area contributed by atoms with Gasteiger partial charge >= 0.3 is 6.09 Å². The maximum atomic E-state index is 13.4. The van der Waals surface area contributed by atoms with E-state index in [0.717, 1.165) is 17.1 Å². The first-order valence-electron chi connectivity index (χ1n) is 11.0. The second-order valence-electron chi connectivity index (χ2n) is 7.78. The number of fused-ring (bicyclic) bond motifs is 1. The van der Waals surface area contributed by atoms with Gasteiger partial charge in [0.25, 0.3) is 5.91 Å². The van der Waals surface area contributed by atoms with E-state index in [4.69, 9.17) is 10.5 Å². The van der Waals surface area contributed by atoms with E-state index >= 15 is 0 Å². The van der Waals surface area contributed by atoms with Crippen molar-refractivity contribution in [1.82, 2.24) is 25.0 Å². The first kappa shape index (κ1) is 23.0. The van der Waals surface area contributed by atoms with Crippen molar-refractivity contribution >= 4 is 29.5 Å². The van der Waals surface area contributed by atoms with Crippen LogP contribution in [0.3, 0.4) is 0 Å². The Hall–Kier alpha value is -4.22. The van der Waals surface area contributed by atoms with Crippen LogP contribution in [0.15, 0.2) is 36.7 Å². The van der Waals surface area contributed by atoms with E-state index in [2.05, 4.69) is 25.6 Å². The van der Waals surface area contributed by atoms with Crippen LogP contribution < -0.4 is 20.9 Å². The summed E-state index contributed by atoms with van der Waals surface area (Å²) in [5.74, 6) is 0.948. The Bertz CT molecular complexity index is 1180. The van der Waals surface area contributed by atoms with E-state index in [1.54, 1.807) is 15.8 Å². The molecule has 12 heteroatoms. The van der Waals surface area contributed by atoms with Crippen LogP contribution in [0.1, 0.15) is 29.4 Å². The molecular formula is C22H27N9O3. The van der Waals surface area contributed by atoms with Crippen LogP contribution in [-0.4, -0.2) is 70.3 Å². The summed E-state index contributed by atoms with van der Waals surface area (Å²) < 4.78 is 6.39. The van der Waals surface area contributed by atoms with Crippen LogP contribution in [0.4, 0.5) is 22.2 Å². The molecule has 1 aliphatic heterocycles. The smallest absolute Gasteiger partial charge is 0.404 e. The first-order chi connectivity index (χ1) is 16.5. The Labute approximate surface area is 196 Å². The quantitative estimate of drug-likeness (QED) is 0.474. The summed E-state index contributed by atoms with van der Waals surface area (Å²) >= 11 is 0. The lowest BCUT2D eigenvalue weighted by molar-refractivity contribution is 0.0989. The normalized spacial score (nSPS) is 13.4. The highest BCUT2D eigenvalue weighted by Gasteiger charge is 2.28. The van der Waals surface area contributed by atoms with E-state index in [1.165, 1.54) is 0 Å². The van der Waals surface area contributed by atoms with Crippen molar-refractivity contribution in [2.45, 2.75) is 19.8 Å². The molecule has 2 aromatic heterocycles. The number of primary amides is 1. The number of rotatable bonds is 8. The van der Waals surface area contributed by atoms with Gasteiger partial charge in [-0.1, -0.05) is 11.3 Å². The Morgan fingerprint density at radius 3 is 2.88 bits per heavy atom. The van der Waals surface area contributed by atoms with E-state index in [0.29, 0.717) is 49.8 Å². The Morgan fingerprint density at radius 2 is 2.09 bits per heavy atom. The lowest BCUT2D eigenvalue weighted by Gasteiger charge is -2.21. The molecule has 34 heavy (non-hydrogen) atoms. The molecule has 178 valence electrons. The number of hydrogen-bond acceptors (Lipinski definition) is 9. The second kappa shape index (κ2) is 10.1. The van der Waals surface area contributed by atoms with Gasteiger partial charge in [0.15, 0.2) is 0 Å². The molecule has 0 unspecified atom stereocenters. The highest BCUT2D eigenvalue weighted by molar-refractivity contribution is 6.09. The SMILES string of the molecule is CCNc1ncc2c(n1)N(C)CCN(c1cccc(-n3cc(CCCOC(N)=O)nn3)c1)C2=O. The number of nitrogens with one attached hydrogen (secondary N) is 1. The largest absolute Gasteiger partial charge is 0.450 e. The summed E-state index contributed by atoms with van der Waals surface area (Å²) in [4.78, 5) is 36.6. The Morgan fingerprint density at radius 1 is 1.26 bits per heavy atom. The zero-order valence-corrected chi connectivity index (χ0v) is 19.1. The van der Waals surface area contributed by atoms with Gasteiger partial charge in [0.2, 0.25) is 5.95 Å². The molecule has 1 aliphatic rings. The van der Waals surface area contributed by atoms with Crippen LogP contribution in [0.2, 0.25) is 0 Å². The predicted molar refractivity (Wildman–Crippen MR) is 126 cm³/mol. The predicted octanol–water partition coefficient (Wildman–Crippen LogP) is 1.61. The standard InChI is InChI=1S/C22H27N9O3/c1-3-24-22-25-13-18-19(26-22)29(2)9-10-30(20(18)32)16-7-4-8-17(12-16)31-14-15(27-28-31)6-5-11-34-21(23)33/h4,7-8,12-14H,3,5-6,9-11H2,1-2H3,(H2,23,33)(H,24,25,26). The van der Waals surface area contributed by atoms with Crippen molar-refractivity contribution in [1.29, 1.82) is 0 Å². The number of hydrogen-bond donors (Lipinski definition) is 2. The van der Waals surface area contributed by atoms with Gasteiger partial charge in [-0.05, 0) is 38.0 Å². The van der Waals surface area contributed by atoms with Crippen LogP contribution in [0, 0.1) is 0 Å². The van der Waals surface area contributed by atoms with Gasteiger partial charge in [0, 0.05) is 38.6 Å². The van der Waals surface area contributed by atoms with Crippen molar-refractivity contribution in [2.75, 3.05) is 48.4 Å². The van der Waals surface area contributed by atoms with Crippen molar-refractivity contribution in [3.63, 3.8) is 0 Å². The first-order valence-corrected chi connectivity index (χ1v) is 11.0. The molecule has 3 N–H and O–H groups in total. The number of aromatic nitrogens is 5. The average Bonchev–Trinajstić information content (AvgIpc) is 3.26. The molecule has 0 atom stereocenters. The number of aryl methyl sites for hydroxylation is 1. The molecule has 4 rings (SSSR count). The molecule has 0 saturated carbocycles. The van der Waals surface area contributed by atoms with E-state index in [1.807, 2.05) is 49.3 Å². The summed E-state index contributed by atoms with van der Waals surface area (Å²) in [6.07, 6.45) is 3.78. The van der Waals surface area contributed by atoms with Crippen molar-refractivity contribution in [3.05, 3.63) is 47.9 Å². The summed E-state index contributed by atoms with van der Waals surface area (Å²) in [7, 11) is 1.92. The Balaban J connectivity index is 1.53. The summed E-state index contributed by atoms with van der Waals surface area (Å²) in [5.41, 5.74) is 7.69. The molecule has 0 fully saturated rings. The number of nitrogens with zero attached hydrogens (tertiary/aromatic N) is 7. The number of nitrogens with two attached hydrogens (primary N) is 1. The maximum absolute atomic E-state index is 13.4. The fourth-order valence-corrected chi connectivity index (χ4v) is 3.68. The lowest BCUT2D eigenvalue weighted by atomic mass is 10.2. The van der Waals surface area contributed by atoms with Crippen molar-refractivity contribution in [2.24, 2.45) is 5.73 Å². The molecule has 12 nitrogen and oxygen atoms in total. The number of carbonyl (C=O) groups excluding carboxylic acids is 2. The molecule has 1 aromatic carbocycles. The number of anilines is 3. The monoisotopic (exact) mass is 465 g/mol. The second-order valence-corrected chi connectivity index (χ2v) is 7.78. The van der Waals surface area contributed by atoms with Gasteiger partial charge in [0.1, 0.15) is 11.4 Å². The molecule has 3 aromatic rings. The van der Waals surface area contributed by atoms with Crippen LogP contribution in [-0.2, 0) is 11.2 Å². The molecule has 3 heterocycles. The van der Waals surface area contributed by atoms with Gasteiger partial charge in [-0.15, -0.1) is 5.10 Å². The van der Waals surface area contributed by atoms with Gasteiger partial charge in [-0.3, -0.25) is 4.79 Å². The number of benzene rings is 1. The number of likely N-dealkylation sites (N-methyl/N-ethyl adjacent to an activating group) is 1. The highest BCUT2D eigenvalue weighted by atomic mass is 16.5. The van der Waals surface area contributed by atoms with Crippen LogP contribution in [0.25, 0.3) is 5.69 Å². The molecule has 0 saturated heterocycles. The molecular weight excluding hydrogens is 438 g/mol. The zero-order chi connectivity index (χ0) is 24.1. The molecule has 0 bridgehead atoms. The minimum Gasteiger partial charge on any atom is -0.450 e. The van der Waals surface area contributed by atoms with Gasteiger partial charge in [-0.25, -0.2) is 14.5 Å². The van der Waals surface area contributed by atoms with Crippen LogP contribution in [0.5, 0.6) is 0 Å². The molecule has 0 aliphatic carbocycles. The third kappa shape index (κ3) is 5.05. The third-order valence-electron chi connectivity index (χ3n) is 5.37. The minimum atomic E-state index is -0.790. The topological polar surface area (TPSA) is 144 Å². The fraction of sp³-hybridized carbons (Fsp3) is 0.364. The summed E-state index contributed by atoms with van der Waals surface area (Å²) in [6, 6.07) is 7.55. The van der Waals surface area contributed by atoms with Gasteiger partial charge in [-0.2, -0.15) is 4.98 Å². The van der Waals surface area contributed by atoms with E-state index < -0.39 is 6.09 Å². The number of amides is 2. The molecule has 0 radical (unpaired) electrons. The molecule has 0 spiro atoms. The van der Waals surface area contributed by atoms with Gasteiger partial charge in [0.05, 0.1) is 24.2 Å². The van der Waals surface area contributed by atoms with Crippen molar-refractivity contribution in [3.8, 4) is 5.69 Å². The maximum Gasteiger partial charge on any atom is 0.404 e. The third-order valence-corrected chi connectivity index (χ3v) is 5.37. The highest BCUT2D eigenvalue weighted by Crippen LogP contribution is 2.27. The number of ether oxygens (including phenoxy) is 1. The average molecular weight is 466 g/mol. The van der Waals surface area contributed by atoms with E-state index in [-0.39, 0.29) is 12.5 Å². The Kier molecular flexibility index (Phi) is 6.85. The number of carbonyl (C=O) groups is 2.